The molecule has 2 fully saturated rings. The van der Waals surface area contributed by atoms with Crippen LogP contribution in [0.5, 0.6) is 0 Å². The van der Waals surface area contributed by atoms with Crippen LogP contribution in [-0.4, -0.2) is 49.4 Å². The highest BCUT2D eigenvalue weighted by Crippen LogP contribution is 2.40. The maximum atomic E-state index is 13.2. The molecule has 1 amide bonds. The molecule has 0 unspecified atom stereocenters. The summed E-state index contributed by atoms with van der Waals surface area (Å²) >= 11 is 0. The first kappa shape index (κ1) is 18.9. The van der Waals surface area contributed by atoms with Gasteiger partial charge in [-0.3, -0.25) is 19.6 Å². The Morgan fingerprint density at radius 1 is 1.28 bits per heavy atom. The number of likely N-dealkylation sites (tertiary alicyclic amines) is 1. The minimum Gasteiger partial charge on any atom is -0.337 e. The van der Waals surface area contributed by atoms with Gasteiger partial charge in [0.15, 0.2) is 5.65 Å². The molecule has 2 aromatic rings. The number of amides is 1. The molecule has 2 aromatic heterocycles. The van der Waals surface area contributed by atoms with Gasteiger partial charge in [-0.2, -0.15) is 0 Å². The Morgan fingerprint density at radius 2 is 2.07 bits per heavy atom. The summed E-state index contributed by atoms with van der Waals surface area (Å²) < 4.78 is 1.59. The van der Waals surface area contributed by atoms with Crippen molar-refractivity contribution >= 4 is 11.6 Å². The summed E-state index contributed by atoms with van der Waals surface area (Å²) in [7, 11) is 0. The Labute approximate surface area is 171 Å². The number of nitrogens with zero attached hydrogens (tertiary/aromatic N) is 4. The summed E-state index contributed by atoms with van der Waals surface area (Å²) in [5, 5.41) is 3.35. The Morgan fingerprint density at radius 3 is 2.79 bits per heavy atom. The number of carbonyl (C=O) groups is 1. The number of aromatic amines is 1. The van der Waals surface area contributed by atoms with Gasteiger partial charge in [-0.05, 0) is 45.6 Å². The van der Waals surface area contributed by atoms with E-state index in [0.29, 0.717) is 48.7 Å². The lowest BCUT2D eigenvalue weighted by atomic mass is 9.98. The van der Waals surface area contributed by atoms with E-state index in [0.717, 1.165) is 30.8 Å². The molecule has 0 aromatic carbocycles. The molecule has 1 saturated heterocycles. The van der Waals surface area contributed by atoms with Gasteiger partial charge in [-0.1, -0.05) is 13.3 Å². The van der Waals surface area contributed by atoms with Crippen molar-refractivity contribution in [3.63, 3.8) is 0 Å². The molecule has 29 heavy (non-hydrogen) atoms. The monoisotopic (exact) mass is 397 g/mol. The second-order valence-electron chi connectivity index (χ2n) is 9.42. The molecule has 7 nitrogen and oxygen atoms in total. The second kappa shape index (κ2) is 6.97. The van der Waals surface area contributed by atoms with Gasteiger partial charge in [0.2, 0.25) is 5.91 Å². The van der Waals surface area contributed by atoms with Crippen LogP contribution < -0.4 is 5.56 Å². The zero-order valence-electron chi connectivity index (χ0n) is 17.6. The van der Waals surface area contributed by atoms with Gasteiger partial charge in [0.25, 0.3) is 5.56 Å². The number of rotatable bonds is 3. The molecule has 3 atom stereocenters. The van der Waals surface area contributed by atoms with Crippen LogP contribution in [0.15, 0.2) is 10.9 Å². The Balaban J connectivity index is 1.48. The first-order valence-electron chi connectivity index (χ1n) is 11.1. The van der Waals surface area contributed by atoms with Crippen LogP contribution in [0.3, 0.4) is 0 Å². The second-order valence-corrected chi connectivity index (χ2v) is 9.42. The molecule has 1 saturated carbocycles. The average Bonchev–Trinajstić information content (AvgIpc) is 3.29. The van der Waals surface area contributed by atoms with E-state index in [-0.39, 0.29) is 17.4 Å². The number of hydrogen-bond acceptors (Lipinski definition) is 4. The van der Waals surface area contributed by atoms with E-state index in [1.807, 2.05) is 4.90 Å². The molecule has 0 spiro atoms. The van der Waals surface area contributed by atoms with Gasteiger partial charge in [0.05, 0.1) is 29.5 Å². The minimum atomic E-state index is -0.0514. The topological polar surface area (TPSA) is 73.7 Å². The van der Waals surface area contributed by atoms with Crippen LogP contribution >= 0.6 is 0 Å². The van der Waals surface area contributed by atoms with Crippen molar-refractivity contribution in [1.82, 2.24) is 24.4 Å². The molecule has 156 valence electrons. The van der Waals surface area contributed by atoms with Gasteiger partial charge < -0.3 is 4.90 Å². The van der Waals surface area contributed by atoms with Crippen molar-refractivity contribution in [1.29, 1.82) is 0 Å². The average molecular weight is 398 g/mol. The van der Waals surface area contributed by atoms with Crippen molar-refractivity contribution in [3.05, 3.63) is 33.4 Å². The third-order valence-corrected chi connectivity index (χ3v) is 7.09. The predicted octanol–water partition coefficient (Wildman–Crippen LogP) is 2.50. The lowest BCUT2D eigenvalue weighted by Crippen LogP contribution is -2.41. The van der Waals surface area contributed by atoms with Crippen LogP contribution in [0, 0.1) is 11.8 Å². The van der Waals surface area contributed by atoms with Crippen LogP contribution in [0.2, 0.25) is 0 Å². The first-order chi connectivity index (χ1) is 13.9. The highest BCUT2D eigenvalue weighted by molar-refractivity contribution is 5.81. The van der Waals surface area contributed by atoms with Crippen LogP contribution in [0.4, 0.5) is 0 Å². The molecule has 2 aliphatic heterocycles. The summed E-state index contributed by atoms with van der Waals surface area (Å²) in [5.41, 5.74) is 3.26. The summed E-state index contributed by atoms with van der Waals surface area (Å²) in [4.78, 5) is 35.1. The third kappa shape index (κ3) is 3.19. The number of fused-ring (bicyclic) bond motifs is 2. The Kier molecular flexibility index (Phi) is 4.53. The predicted molar refractivity (Wildman–Crippen MR) is 111 cm³/mol. The van der Waals surface area contributed by atoms with Crippen molar-refractivity contribution in [2.75, 3.05) is 13.1 Å². The molecule has 0 radical (unpaired) electrons. The molecule has 3 aliphatic rings. The standard InChI is InChI=1S/C22H31N5O2/c1-13(2)26-8-5-4-6-19(26)18-11-20-23-17-7-9-25(21(28)15-10-14(15)3)12-16(17)22(29)27(20)24-18/h11,13-15,19,24H,4-10,12H2,1-3H3/t14-,15+,19-/m1/s1. The molecule has 4 heterocycles. The smallest absolute Gasteiger partial charge is 0.277 e. The zero-order chi connectivity index (χ0) is 20.3. The quantitative estimate of drug-likeness (QED) is 0.864. The molecular formula is C22H31N5O2. The van der Waals surface area contributed by atoms with E-state index in [1.54, 1.807) is 4.52 Å². The summed E-state index contributed by atoms with van der Waals surface area (Å²) in [5.74, 6) is 0.840. The van der Waals surface area contributed by atoms with Crippen LogP contribution in [0.1, 0.15) is 69.4 Å². The summed E-state index contributed by atoms with van der Waals surface area (Å²) in [6, 6.07) is 2.82. The number of hydrogen-bond donors (Lipinski definition) is 1. The van der Waals surface area contributed by atoms with Crippen LogP contribution in [-0.2, 0) is 17.8 Å². The highest BCUT2D eigenvalue weighted by Gasteiger charge is 2.42. The number of aromatic nitrogens is 3. The Bertz CT molecular complexity index is 1010. The van der Waals surface area contributed by atoms with E-state index in [1.165, 1.54) is 12.8 Å². The van der Waals surface area contributed by atoms with E-state index >= 15 is 0 Å². The zero-order valence-corrected chi connectivity index (χ0v) is 17.6. The van der Waals surface area contributed by atoms with Crippen molar-refractivity contribution in [2.45, 2.75) is 71.5 Å². The lowest BCUT2D eigenvalue weighted by Gasteiger charge is -2.37. The minimum absolute atomic E-state index is 0.0514. The number of carbonyl (C=O) groups excluding carboxylic acids is 1. The molecule has 7 heteroatoms. The van der Waals surface area contributed by atoms with E-state index in [9.17, 15) is 9.59 Å². The first-order valence-corrected chi connectivity index (χ1v) is 11.1. The van der Waals surface area contributed by atoms with Gasteiger partial charge in [0, 0.05) is 31.0 Å². The number of nitrogens with one attached hydrogen (secondary N) is 1. The summed E-state index contributed by atoms with van der Waals surface area (Å²) in [6.45, 7) is 8.73. The molecule has 0 bridgehead atoms. The molecule has 1 N–H and O–H groups in total. The fraction of sp³-hybridized carbons (Fsp3) is 0.682. The fourth-order valence-electron chi connectivity index (χ4n) is 5.17. The normalized spacial score (nSPS) is 27.4. The van der Waals surface area contributed by atoms with Gasteiger partial charge in [-0.15, -0.1) is 0 Å². The van der Waals surface area contributed by atoms with Crippen molar-refractivity contribution in [3.8, 4) is 0 Å². The maximum Gasteiger partial charge on any atom is 0.277 e. The number of H-pyrrole nitrogens is 1. The molecule has 1 aliphatic carbocycles. The molecular weight excluding hydrogens is 366 g/mol. The van der Waals surface area contributed by atoms with Crippen molar-refractivity contribution < 1.29 is 4.79 Å². The summed E-state index contributed by atoms with van der Waals surface area (Å²) in [6.07, 6.45) is 5.17. The maximum absolute atomic E-state index is 13.2. The SMILES string of the molecule is CC(C)N1CCCC[C@@H]1c1cc2nc3c(c(=O)n2[nH]1)CN(C(=O)[C@H]1C[C@H]1C)CC3. The van der Waals surface area contributed by atoms with E-state index < -0.39 is 0 Å². The van der Waals surface area contributed by atoms with E-state index in [4.69, 9.17) is 4.98 Å². The largest absolute Gasteiger partial charge is 0.337 e. The molecule has 5 rings (SSSR count). The van der Waals surface area contributed by atoms with Gasteiger partial charge in [0.1, 0.15) is 0 Å². The van der Waals surface area contributed by atoms with Crippen molar-refractivity contribution in [2.24, 2.45) is 11.8 Å². The third-order valence-electron chi connectivity index (χ3n) is 7.09. The Hall–Kier alpha value is -2.15. The van der Waals surface area contributed by atoms with E-state index in [2.05, 4.69) is 36.8 Å². The highest BCUT2D eigenvalue weighted by atomic mass is 16.2. The fourth-order valence-corrected chi connectivity index (χ4v) is 5.17. The van der Waals surface area contributed by atoms with Gasteiger partial charge in [-0.25, -0.2) is 9.50 Å². The van der Waals surface area contributed by atoms with Gasteiger partial charge >= 0.3 is 0 Å². The lowest BCUT2D eigenvalue weighted by molar-refractivity contribution is -0.133. The van der Waals surface area contributed by atoms with Crippen LogP contribution in [0.25, 0.3) is 5.65 Å². The number of piperidine rings is 1.